The van der Waals surface area contributed by atoms with E-state index in [1.165, 1.54) is 0 Å². The van der Waals surface area contributed by atoms with E-state index in [0.29, 0.717) is 18.2 Å². The molecule has 4 heteroatoms. The molecule has 0 spiro atoms. The molecule has 21 heavy (non-hydrogen) atoms. The molecular formula is C17H20N2O2. The first kappa shape index (κ1) is 14.0. The standard InChI is InChI=1S/C17H20N2O2/c1-12-10-13(11-20)8-9-19(12)17(21)16-7-6-14-4-2-3-5-15(14)18-16/h2-7,12-13,20H,8-11H2,1H3/t12-,13-/m0/s1. The average Bonchev–Trinajstić information content (AvgIpc) is 2.53. The molecule has 1 N–H and O–H groups in total. The molecule has 0 radical (unpaired) electrons. The first-order chi connectivity index (χ1) is 10.2. The molecular weight excluding hydrogens is 264 g/mol. The van der Waals surface area contributed by atoms with Gasteiger partial charge in [0.05, 0.1) is 5.52 Å². The van der Waals surface area contributed by atoms with E-state index in [-0.39, 0.29) is 18.6 Å². The molecule has 110 valence electrons. The van der Waals surface area contributed by atoms with Gasteiger partial charge in [-0.3, -0.25) is 4.79 Å². The van der Waals surface area contributed by atoms with Gasteiger partial charge in [0.2, 0.25) is 0 Å². The van der Waals surface area contributed by atoms with Crippen LogP contribution in [0.25, 0.3) is 10.9 Å². The van der Waals surface area contributed by atoms with Crippen LogP contribution in [0.1, 0.15) is 30.3 Å². The molecule has 1 fully saturated rings. The Balaban J connectivity index is 1.83. The number of pyridine rings is 1. The lowest BCUT2D eigenvalue weighted by Gasteiger charge is -2.37. The van der Waals surface area contributed by atoms with Gasteiger partial charge in [-0.1, -0.05) is 24.3 Å². The number of hydrogen-bond donors (Lipinski definition) is 1. The van der Waals surface area contributed by atoms with Crippen LogP contribution in [-0.4, -0.2) is 40.1 Å². The van der Waals surface area contributed by atoms with Crippen LogP contribution in [0.2, 0.25) is 0 Å². The number of aromatic nitrogens is 1. The number of piperidine rings is 1. The van der Waals surface area contributed by atoms with Gasteiger partial charge in [0, 0.05) is 24.6 Å². The van der Waals surface area contributed by atoms with E-state index >= 15 is 0 Å². The topological polar surface area (TPSA) is 53.4 Å². The van der Waals surface area contributed by atoms with Crippen LogP contribution in [0, 0.1) is 5.92 Å². The Bertz CT molecular complexity index is 656. The fourth-order valence-electron chi connectivity index (χ4n) is 3.07. The second-order valence-corrected chi connectivity index (χ2v) is 5.81. The lowest BCUT2D eigenvalue weighted by molar-refractivity contribution is 0.0510. The Hall–Kier alpha value is -1.94. The normalized spacial score (nSPS) is 22.5. The molecule has 3 rings (SSSR count). The van der Waals surface area contributed by atoms with Crippen LogP contribution in [0.3, 0.4) is 0 Å². The predicted octanol–water partition coefficient (Wildman–Crippen LogP) is 2.47. The Morgan fingerprint density at radius 1 is 1.33 bits per heavy atom. The third-order valence-corrected chi connectivity index (χ3v) is 4.32. The first-order valence-corrected chi connectivity index (χ1v) is 7.46. The van der Waals surface area contributed by atoms with Crippen molar-refractivity contribution in [3.8, 4) is 0 Å². The van der Waals surface area contributed by atoms with Crippen molar-refractivity contribution >= 4 is 16.8 Å². The van der Waals surface area contributed by atoms with Gasteiger partial charge in [0.15, 0.2) is 0 Å². The minimum atomic E-state index is -0.00959. The Morgan fingerprint density at radius 2 is 2.14 bits per heavy atom. The minimum Gasteiger partial charge on any atom is -0.396 e. The quantitative estimate of drug-likeness (QED) is 0.921. The summed E-state index contributed by atoms with van der Waals surface area (Å²) in [5, 5.41) is 10.3. The molecule has 2 aromatic rings. The molecule has 2 atom stereocenters. The first-order valence-electron chi connectivity index (χ1n) is 7.46. The molecule has 1 aliphatic rings. The third kappa shape index (κ3) is 2.76. The number of hydrogen-bond acceptors (Lipinski definition) is 3. The smallest absolute Gasteiger partial charge is 0.272 e. The third-order valence-electron chi connectivity index (χ3n) is 4.32. The molecule has 1 aliphatic heterocycles. The van der Waals surface area contributed by atoms with Gasteiger partial charge in [-0.2, -0.15) is 0 Å². The number of likely N-dealkylation sites (tertiary alicyclic amines) is 1. The lowest BCUT2D eigenvalue weighted by Crippen LogP contribution is -2.45. The van der Waals surface area contributed by atoms with Crippen LogP contribution in [0.5, 0.6) is 0 Å². The number of nitrogens with zero attached hydrogens (tertiary/aromatic N) is 2. The van der Waals surface area contributed by atoms with Crippen LogP contribution in [-0.2, 0) is 0 Å². The zero-order chi connectivity index (χ0) is 14.8. The Kier molecular flexibility index (Phi) is 3.88. The van der Waals surface area contributed by atoms with E-state index in [4.69, 9.17) is 0 Å². The number of para-hydroxylation sites is 1. The number of amides is 1. The summed E-state index contributed by atoms with van der Waals surface area (Å²) in [6, 6.07) is 11.7. The molecule has 1 aromatic carbocycles. The molecule has 1 saturated heterocycles. The zero-order valence-corrected chi connectivity index (χ0v) is 12.2. The van der Waals surface area contributed by atoms with Gasteiger partial charge in [0.1, 0.15) is 5.69 Å². The summed E-state index contributed by atoms with van der Waals surface area (Å²) in [5.74, 6) is 0.304. The van der Waals surface area contributed by atoms with Crippen molar-refractivity contribution in [3.63, 3.8) is 0 Å². The van der Waals surface area contributed by atoms with Crippen molar-refractivity contribution in [3.05, 3.63) is 42.1 Å². The average molecular weight is 284 g/mol. The van der Waals surface area contributed by atoms with Crippen LogP contribution < -0.4 is 0 Å². The molecule has 0 saturated carbocycles. The zero-order valence-electron chi connectivity index (χ0n) is 12.2. The minimum absolute atomic E-state index is 0.00959. The summed E-state index contributed by atoms with van der Waals surface area (Å²) in [6.07, 6.45) is 1.72. The van der Waals surface area contributed by atoms with E-state index in [1.54, 1.807) is 6.07 Å². The molecule has 0 bridgehead atoms. The highest BCUT2D eigenvalue weighted by Crippen LogP contribution is 2.24. The van der Waals surface area contributed by atoms with Crippen molar-refractivity contribution in [2.45, 2.75) is 25.8 Å². The summed E-state index contributed by atoms with van der Waals surface area (Å²) < 4.78 is 0. The van der Waals surface area contributed by atoms with Crippen molar-refractivity contribution < 1.29 is 9.90 Å². The fourth-order valence-corrected chi connectivity index (χ4v) is 3.07. The van der Waals surface area contributed by atoms with Gasteiger partial charge in [-0.25, -0.2) is 4.98 Å². The SMILES string of the molecule is C[C@H]1C[C@@H](CO)CCN1C(=O)c1ccc2ccccc2n1. The molecule has 4 nitrogen and oxygen atoms in total. The molecule has 2 heterocycles. The van der Waals surface area contributed by atoms with E-state index in [0.717, 1.165) is 23.7 Å². The second-order valence-electron chi connectivity index (χ2n) is 5.81. The van der Waals surface area contributed by atoms with Gasteiger partial charge in [-0.15, -0.1) is 0 Å². The van der Waals surface area contributed by atoms with Crippen molar-refractivity contribution in [2.75, 3.05) is 13.2 Å². The van der Waals surface area contributed by atoms with Gasteiger partial charge in [0.25, 0.3) is 5.91 Å². The summed E-state index contributed by atoms with van der Waals surface area (Å²) in [5.41, 5.74) is 1.35. The van der Waals surface area contributed by atoms with Crippen molar-refractivity contribution in [2.24, 2.45) is 5.92 Å². The number of aliphatic hydroxyl groups excluding tert-OH is 1. The molecule has 1 amide bonds. The Morgan fingerprint density at radius 3 is 2.90 bits per heavy atom. The van der Waals surface area contributed by atoms with Crippen LogP contribution in [0.15, 0.2) is 36.4 Å². The number of fused-ring (bicyclic) bond motifs is 1. The molecule has 0 aliphatic carbocycles. The highest BCUT2D eigenvalue weighted by atomic mass is 16.3. The summed E-state index contributed by atoms with van der Waals surface area (Å²) in [7, 11) is 0. The van der Waals surface area contributed by atoms with Gasteiger partial charge >= 0.3 is 0 Å². The number of aliphatic hydroxyl groups is 1. The van der Waals surface area contributed by atoms with Crippen molar-refractivity contribution in [1.82, 2.24) is 9.88 Å². The number of benzene rings is 1. The van der Waals surface area contributed by atoms with E-state index in [1.807, 2.05) is 42.2 Å². The monoisotopic (exact) mass is 284 g/mol. The summed E-state index contributed by atoms with van der Waals surface area (Å²) in [4.78, 5) is 19.0. The van der Waals surface area contributed by atoms with Gasteiger partial charge < -0.3 is 10.0 Å². The lowest BCUT2D eigenvalue weighted by atomic mass is 9.92. The van der Waals surface area contributed by atoms with E-state index in [9.17, 15) is 9.90 Å². The van der Waals surface area contributed by atoms with E-state index < -0.39 is 0 Å². The van der Waals surface area contributed by atoms with Crippen LogP contribution >= 0.6 is 0 Å². The summed E-state index contributed by atoms with van der Waals surface area (Å²) >= 11 is 0. The molecule has 1 aromatic heterocycles. The maximum absolute atomic E-state index is 12.6. The fraction of sp³-hybridized carbons (Fsp3) is 0.412. The highest BCUT2D eigenvalue weighted by Gasteiger charge is 2.29. The molecule has 0 unspecified atom stereocenters. The van der Waals surface area contributed by atoms with Gasteiger partial charge in [-0.05, 0) is 37.8 Å². The van der Waals surface area contributed by atoms with Crippen molar-refractivity contribution in [1.29, 1.82) is 0 Å². The number of carbonyl (C=O) groups is 1. The predicted molar refractivity (Wildman–Crippen MR) is 82.1 cm³/mol. The summed E-state index contributed by atoms with van der Waals surface area (Å²) in [6.45, 7) is 2.95. The van der Waals surface area contributed by atoms with E-state index in [2.05, 4.69) is 4.98 Å². The number of carbonyl (C=O) groups excluding carboxylic acids is 1. The Labute approximate surface area is 124 Å². The second kappa shape index (κ2) is 5.82. The maximum atomic E-state index is 12.6. The largest absolute Gasteiger partial charge is 0.396 e. The number of rotatable bonds is 2. The highest BCUT2D eigenvalue weighted by molar-refractivity contribution is 5.95. The van der Waals surface area contributed by atoms with Crippen LogP contribution in [0.4, 0.5) is 0 Å². The maximum Gasteiger partial charge on any atom is 0.272 e.